The third-order valence-corrected chi connectivity index (χ3v) is 2.40. The highest BCUT2D eigenvalue weighted by Crippen LogP contribution is 2.22. The van der Waals surface area contributed by atoms with Crippen molar-refractivity contribution in [3.63, 3.8) is 0 Å². The molecule has 0 aromatic heterocycles. The zero-order valence-corrected chi connectivity index (χ0v) is 8.71. The molecule has 1 fully saturated rings. The molecule has 1 rings (SSSR count). The van der Waals surface area contributed by atoms with Gasteiger partial charge in [-0.25, -0.2) is 0 Å². The molecule has 1 saturated heterocycles. The molecule has 1 aliphatic heterocycles. The van der Waals surface area contributed by atoms with Crippen molar-refractivity contribution in [1.82, 2.24) is 0 Å². The summed E-state index contributed by atoms with van der Waals surface area (Å²) in [6.45, 7) is 4.13. The van der Waals surface area contributed by atoms with Crippen LogP contribution in [-0.4, -0.2) is 11.9 Å². The summed E-state index contributed by atoms with van der Waals surface area (Å²) in [7, 11) is 0. The molecule has 1 heterocycles. The van der Waals surface area contributed by atoms with E-state index >= 15 is 0 Å². The molecule has 0 aromatic carbocycles. The molecule has 0 N–H and O–H groups in total. The van der Waals surface area contributed by atoms with Crippen LogP contribution in [0.4, 0.5) is 0 Å². The molecule has 1 atom stereocenters. The van der Waals surface area contributed by atoms with Crippen molar-refractivity contribution in [2.45, 2.75) is 39.5 Å². The summed E-state index contributed by atoms with van der Waals surface area (Å²) in [4.78, 5) is 21.9. The first-order valence-electron chi connectivity index (χ1n) is 5.03. The van der Waals surface area contributed by atoms with Gasteiger partial charge in [0.1, 0.15) is 0 Å². The van der Waals surface area contributed by atoms with E-state index in [0.29, 0.717) is 0 Å². The minimum Gasteiger partial charge on any atom is -0.393 e. The molecule has 1 aliphatic rings. The van der Waals surface area contributed by atoms with Gasteiger partial charge in [0.05, 0.1) is 12.3 Å². The SMILES string of the molecule is CC/C=C(/C)CCC1CC(=O)OC1=O. The molecule has 1 unspecified atom stereocenters. The maximum atomic E-state index is 11.1. The van der Waals surface area contributed by atoms with Crippen molar-refractivity contribution in [3.05, 3.63) is 11.6 Å². The topological polar surface area (TPSA) is 43.4 Å². The predicted molar refractivity (Wildman–Crippen MR) is 52.5 cm³/mol. The minimum absolute atomic E-state index is 0.206. The monoisotopic (exact) mass is 196 g/mol. The second-order valence-electron chi connectivity index (χ2n) is 3.69. The fourth-order valence-electron chi connectivity index (χ4n) is 1.59. The van der Waals surface area contributed by atoms with Crippen LogP contribution in [0.3, 0.4) is 0 Å². The molecular formula is C11H16O3. The average Bonchev–Trinajstić information content (AvgIpc) is 2.42. The number of allylic oxidation sites excluding steroid dienone is 2. The second kappa shape index (κ2) is 4.94. The van der Waals surface area contributed by atoms with Gasteiger partial charge in [-0.05, 0) is 26.2 Å². The van der Waals surface area contributed by atoms with Crippen LogP contribution in [0.15, 0.2) is 11.6 Å². The minimum atomic E-state index is -0.378. The van der Waals surface area contributed by atoms with Gasteiger partial charge in [-0.3, -0.25) is 9.59 Å². The van der Waals surface area contributed by atoms with Crippen LogP contribution < -0.4 is 0 Å². The Morgan fingerprint density at radius 3 is 2.79 bits per heavy atom. The van der Waals surface area contributed by atoms with Crippen LogP contribution >= 0.6 is 0 Å². The number of cyclic esters (lactones) is 2. The highest BCUT2D eigenvalue weighted by molar-refractivity contribution is 5.94. The van der Waals surface area contributed by atoms with Crippen molar-refractivity contribution in [1.29, 1.82) is 0 Å². The van der Waals surface area contributed by atoms with E-state index in [4.69, 9.17) is 0 Å². The van der Waals surface area contributed by atoms with Crippen LogP contribution in [0.1, 0.15) is 39.5 Å². The van der Waals surface area contributed by atoms with Crippen LogP contribution in [0, 0.1) is 5.92 Å². The maximum absolute atomic E-state index is 11.1. The molecule has 14 heavy (non-hydrogen) atoms. The third kappa shape index (κ3) is 2.98. The van der Waals surface area contributed by atoms with Gasteiger partial charge in [0.15, 0.2) is 0 Å². The van der Waals surface area contributed by atoms with E-state index in [0.717, 1.165) is 19.3 Å². The summed E-state index contributed by atoms with van der Waals surface area (Å²) in [5, 5.41) is 0. The van der Waals surface area contributed by atoms with Gasteiger partial charge >= 0.3 is 11.9 Å². The van der Waals surface area contributed by atoms with Crippen LogP contribution in [0.2, 0.25) is 0 Å². The lowest BCUT2D eigenvalue weighted by Gasteiger charge is -2.04. The summed E-state index contributed by atoms with van der Waals surface area (Å²) in [5.41, 5.74) is 1.28. The normalized spacial score (nSPS) is 22.7. The third-order valence-electron chi connectivity index (χ3n) is 2.40. The Morgan fingerprint density at radius 1 is 1.57 bits per heavy atom. The molecule has 0 spiro atoms. The lowest BCUT2D eigenvalue weighted by atomic mass is 9.98. The number of rotatable bonds is 4. The molecule has 0 radical (unpaired) electrons. The van der Waals surface area contributed by atoms with Crippen molar-refractivity contribution in [3.8, 4) is 0 Å². The van der Waals surface area contributed by atoms with Crippen molar-refractivity contribution < 1.29 is 14.3 Å². The van der Waals surface area contributed by atoms with Gasteiger partial charge in [-0.2, -0.15) is 0 Å². The Kier molecular flexibility index (Phi) is 3.86. The van der Waals surface area contributed by atoms with E-state index in [1.54, 1.807) is 0 Å². The van der Waals surface area contributed by atoms with Gasteiger partial charge in [0.2, 0.25) is 0 Å². The summed E-state index contributed by atoms with van der Waals surface area (Å²) >= 11 is 0. The predicted octanol–water partition coefficient (Wildman–Crippen LogP) is 2.21. The van der Waals surface area contributed by atoms with Gasteiger partial charge in [0.25, 0.3) is 0 Å². The lowest BCUT2D eigenvalue weighted by molar-refractivity contribution is -0.153. The van der Waals surface area contributed by atoms with Crippen molar-refractivity contribution in [2.75, 3.05) is 0 Å². The Balaban J connectivity index is 2.35. The highest BCUT2D eigenvalue weighted by Gasteiger charge is 2.32. The molecule has 0 aliphatic carbocycles. The Hall–Kier alpha value is -1.12. The summed E-state index contributed by atoms with van der Waals surface area (Å²) < 4.78 is 4.47. The first kappa shape index (κ1) is 11.0. The molecule has 0 bridgehead atoms. The first-order chi connectivity index (χ1) is 6.63. The van der Waals surface area contributed by atoms with Crippen molar-refractivity contribution in [2.24, 2.45) is 5.92 Å². The zero-order valence-electron chi connectivity index (χ0n) is 8.71. The van der Waals surface area contributed by atoms with E-state index in [-0.39, 0.29) is 24.3 Å². The number of hydrogen-bond donors (Lipinski definition) is 0. The smallest absolute Gasteiger partial charge is 0.317 e. The van der Waals surface area contributed by atoms with E-state index < -0.39 is 0 Å². The van der Waals surface area contributed by atoms with Gasteiger partial charge in [-0.15, -0.1) is 0 Å². The molecular weight excluding hydrogens is 180 g/mol. The lowest BCUT2D eigenvalue weighted by Crippen LogP contribution is -2.07. The number of carbonyl (C=O) groups is 2. The van der Waals surface area contributed by atoms with Gasteiger partial charge < -0.3 is 4.74 Å². The molecule has 3 nitrogen and oxygen atoms in total. The summed E-state index contributed by atoms with van der Waals surface area (Å²) in [6, 6.07) is 0. The molecule has 0 aromatic rings. The summed E-state index contributed by atoms with van der Waals surface area (Å²) in [6.07, 6.45) is 5.02. The first-order valence-corrected chi connectivity index (χ1v) is 5.03. The number of carbonyl (C=O) groups excluding carboxylic acids is 2. The quantitative estimate of drug-likeness (QED) is 0.393. The average molecular weight is 196 g/mol. The number of esters is 2. The van der Waals surface area contributed by atoms with Gasteiger partial charge in [-0.1, -0.05) is 18.6 Å². The van der Waals surface area contributed by atoms with E-state index in [1.165, 1.54) is 5.57 Å². The number of ether oxygens (including phenoxy) is 1. The highest BCUT2D eigenvalue weighted by atomic mass is 16.6. The Morgan fingerprint density at radius 2 is 2.29 bits per heavy atom. The fourth-order valence-corrected chi connectivity index (χ4v) is 1.59. The zero-order chi connectivity index (χ0) is 10.6. The molecule has 0 amide bonds. The summed E-state index contributed by atoms with van der Waals surface area (Å²) in [5.74, 6) is -0.931. The van der Waals surface area contributed by atoms with Gasteiger partial charge in [0, 0.05) is 0 Å². The second-order valence-corrected chi connectivity index (χ2v) is 3.69. The molecule has 0 saturated carbocycles. The van der Waals surface area contributed by atoms with E-state index in [1.807, 2.05) is 6.92 Å². The Bertz CT molecular complexity index is 266. The van der Waals surface area contributed by atoms with Crippen LogP contribution in [-0.2, 0) is 14.3 Å². The standard InChI is InChI=1S/C11H16O3/c1-3-4-8(2)5-6-9-7-10(12)14-11(9)13/h4,9H,3,5-7H2,1-2H3/b8-4-. The van der Waals surface area contributed by atoms with Crippen molar-refractivity contribution >= 4 is 11.9 Å². The van der Waals surface area contributed by atoms with E-state index in [9.17, 15) is 9.59 Å². The van der Waals surface area contributed by atoms with Crippen LogP contribution in [0.5, 0.6) is 0 Å². The molecule has 78 valence electrons. The molecule has 3 heteroatoms. The Labute approximate surface area is 84.1 Å². The maximum Gasteiger partial charge on any atom is 0.317 e. The van der Waals surface area contributed by atoms with E-state index in [2.05, 4.69) is 17.7 Å². The largest absolute Gasteiger partial charge is 0.393 e. The fraction of sp³-hybridized carbons (Fsp3) is 0.636. The number of hydrogen-bond acceptors (Lipinski definition) is 3. The van der Waals surface area contributed by atoms with Crippen LogP contribution in [0.25, 0.3) is 0 Å².